The number of anilines is 1. The maximum atomic E-state index is 11.0. The van der Waals surface area contributed by atoms with Gasteiger partial charge in [-0.2, -0.15) is 0 Å². The van der Waals surface area contributed by atoms with Gasteiger partial charge in [-0.1, -0.05) is 6.07 Å². The first kappa shape index (κ1) is 9.83. The molecule has 0 unspecified atom stereocenters. The largest absolute Gasteiger partial charge is 0.497 e. The number of hydrogen-bond donors (Lipinski definition) is 1. The van der Waals surface area contributed by atoms with Gasteiger partial charge < -0.3 is 14.7 Å². The second-order valence-electron chi connectivity index (χ2n) is 3.66. The molecule has 1 aliphatic rings. The summed E-state index contributed by atoms with van der Waals surface area (Å²) in [6.45, 7) is 0. The summed E-state index contributed by atoms with van der Waals surface area (Å²) in [7, 11) is 3.40. The fourth-order valence-corrected chi connectivity index (χ4v) is 1.94. The van der Waals surface area contributed by atoms with Crippen molar-refractivity contribution >= 4 is 11.7 Å². The van der Waals surface area contributed by atoms with Crippen molar-refractivity contribution in [2.75, 3.05) is 19.1 Å². The highest BCUT2D eigenvalue weighted by Crippen LogP contribution is 2.33. The van der Waals surface area contributed by atoms with Crippen molar-refractivity contribution in [3.05, 3.63) is 23.8 Å². The molecular formula is C11H13NO3. The average Bonchev–Trinajstić information content (AvgIpc) is 2.56. The number of methoxy groups -OCH3 is 1. The molecular weight excluding hydrogens is 194 g/mol. The van der Waals surface area contributed by atoms with Crippen molar-refractivity contribution in [1.29, 1.82) is 0 Å². The Labute approximate surface area is 88.1 Å². The molecule has 1 aromatic rings. The number of carbonyl (C=O) groups is 1. The van der Waals surface area contributed by atoms with Crippen LogP contribution >= 0.6 is 0 Å². The number of hydrogen-bond acceptors (Lipinski definition) is 3. The third-order valence-corrected chi connectivity index (χ3v) is 2.84. The van der Waals surface area contributed by atoms with Crippen LogP contribution in [0.4, 0.5) is 5.69 Å². The Morgan fingerprint density at radius 3 is 2.93 bits per heavy atom. The van der Waals surface area contributed by atoms with E-state index in [1.54, 1.807) is 19.1 Å². The van der Waals surface area contributed by atoms with Crippen molar-refractivity contribution in [1.82, 2.24) is 0 Å². The van der Waals surface area contributed by atoms with Crippen LogP contribution in [0.1, 0.15) is 5.56 Å². The number of ether oxygens (including phenoxy) is 1. The highest BCUT2D eigenvalue weighted by Gasteiger charge is 2.31. The summed E-state index contributed by atoms with van der Waals surface area (Å²) < 4.78 is 5.11. The zero-order chi connectivity index (χ0) is 11.0. The van der Waals surface area contributed by atoms with E-state index in [0.29, 0.717) is 6.42 Å². The fourth-order valence-electron chi connectivity index (χ4n) is 1.94. The molecule has 4 nitrogen and oxygen atoms in total. The molecule has 1 heterocycles. The molecule has 1 aliphatic heterocycles. The molecule has 0 fully saturated rings. The molecule has 0 spiro atoms. The molecule has 0 saturated heterocycles. The third kappa shape index (κ3) is 1.52. The number of nitrogens with zero attached hydrogens (tertiary/aromatic N) is 1. The van der Waals surface area contributed by atoms with E-state index in [-0.39, 0.29) is 0 Å². The highest BCUT2D eigenvalue weighted by molar-refractivity contribution is 5.82. The molecule has 2 rings (SSSR count). The van der Waals surface area contributed by atoms with Gasteiger partial charge in [-0.25, -0.2) is 4.79 Å². The summed E-state index contributed by atoms with van der Waals surface area (Å²) in [6.07, 6.45) is 0.561. The lowest BCUT2D eigenvalue weighted by Crippen LogP contribution is -2.35. The average molecular weight is 207 g/mol. The van der Waals surface area contributed by atoms with E-state index in [9.17, 15) is 4.79 Å². The number of carboxylic acid groups (broad SMARTS) is 1. The molecule has 4 heteroatoms. The highest BCUT2D eigenvalue weighted by atomic mass is 16.5. The molecule has 0 radical (unpaired) electrons. The van der Waals surface area contributed by atoms with E-state index >= 15 is 0 Å². The van der Waals surface area contributed by atoms with E-state index in [2.05, 4.69) is 0 Å². The molecule has 1 aromatic carbocycles. The number of rotatable bonds is 2. The van der Waals surface area contributed by atoms with Crippen molar-refractivity contribution in [3.8, 4) is 5.75 Å². The fraction of sp³-hybridized carbons (Fsp3) is 0.364. The van der Waals surface area contributed by atoms with E-state index in [1.165, 1.54) is 0 Å². The second-order valence-corrected chi connectivity index (χ2v) is 3.66. The number of carboxylic acids is 1. The van der Waals surface area contributed by atoms with Gasteiger partial charge in [0, 0.05) is 25.2 Å². The van der Waals surface area contributed by atoms with Crippen molar-refractivity contribution < 1.29 is 14.6 Å². The Balaban J connectivity index is 2.37. The SMILES string of the molecule is COc1ccc2c(c1)N(C)[C@@H](C(=O)O)C2. The van der Waals surface area contributed by atoms with Crippen LogP contribution in [-0.2, 0) is 11.2 Å². The van der Waals surface area contributed by atoms with Crippen LogP contribution < -0.4 is 9.64 Å². The molecule has 0 bridgehead atoms. The van der Waals surface area contributed by atoms with Gasteiger partial charge in [0.25, 0.3) is 0 Å². The maximum absolute atomic E-state index is 11.0. The standard InChI is InChI=1S/C11H13NO3/c1-12-9-6-8(15-2)4-3-7(9)5-10(12)11(13)14/h3-4,6,10H,5H2,1-2H3,(H,13,14)/t10-/m1/s1. The zero-order valence-electron chi connectivity index (χ0n) is 8.73. The Bertz CT molecular complexity index is 403. The van der Waals surface area contributed by atoms with Crippen molar-refractivity contribution in [2.45, 2.75) is 12.5 Å². The summed E-state index contributed by atoms with van der Waals surface area (Å²) in [5, 5.41) is 9.01. The summed E-state index contributed by atoms with van der Waals surface area (Å²) >= 11 is 0. The monoisotopic (exact) mass is 207 g/mol. The summed E-state index contributed by atoms with van der Waals surface area (Å²) in [5.41, 5.74) is 2.01. The predicted molar refractivity (Wildman–Crippen MR) is 56.5 cm³/mol. The van der Waals surface area contributed by atoms with Gasteiger partial charge in [0.15, 0.2) is 0 Å². The van der Waals surface area contributed by atoms with Crippen molar-refractivity contribution in [2.24, 2.45) is 0 Å². The van der Waals surface area contributed by atoms with E-state index in [0.717, 1.165) is 17.0 Å². The van der Waals surface area contributed by atoms with Crippen LogP contribution in [0, 0.1) is 0 Å². The molecule has 0 saturated carbocycles. The van der Waals surface area contributed by atoms with Crippen molar-refractivity contribution in [3.63, 3.8) is 0 Å². The summed E-state index contributed by atoms with van der Waals surface area (Å²) in [5.74, 6) is -0.0284. The lowest BCUT2D eigenvalue weighted by Gasteiger charge is -2.18. The third-order valence-electron chi connectivity index (χ3n) is 2.84. The van der Waals surface area contributed by atoms with Crippen LogP contribution in [0.2, 0.25) is 0 Å². The minimum Gasteiger partial charge on any atom is -0.497 e. The van der Waals surface area contributed by atoms with Gasteiger partial charge in [0.1, 0.15) is 11.8 Å². The Morgan fingerprint density at radius 2 is 2.33 bits per heavy atom. The normalized spacial score (nSPS) is 18.8. The Morgan fingerprint density at radius 1 is 1.60 bits per heavy atom. The summed E-state index contributed by atoms with van der Waals surface area (Å²) in [4.78, 5) is 12.7. The quantitative estimate of drug-likeness (QED) is 0.790. The summed E-state index contributed by atoms with van der Waals surface area (Å²) in [6, 6.07) is 5.20. The number of fused-ring (bicyclic) bond motifs is 1. The smallest absolute Gasteiger partial charge is 0.326 e. The van der Waals surface area contributed by atoms with Crippen LogP contribution in [-0.4, -0.2) is 31.3 Å². The molecule has 0 aromatic heterocycles. The lowest BCUT2D eigenvalue weighted by molar-refractivity contribution is -0.138. The topological polar surface area (TPSA) is 49.8 Å². The van der Waals surface area contributed by atoms with Gasteiger partial charge in [-0.15, -0.1) is 0 Å². The number of likely N-dealkylation sites (N-methyl/N-ethyl adjacent to an activating group) is 1. The molecule has 1 N–H and O–H groups in total. The van der Waals surface area contributed by atoms with E-state index < -0.39 is 12.0 Å². The van der Waals surface area contributed by atoms with Gasteiger partial charge in [0.05, 0.1) is 7.11 Å². The molecule has 0 aliphatic carbocycles. The first-order chi connectivity index (χ1) is 7.13. The number of aliphatic carboxylic acids is 1. The lowest BCUT2D eigenvalue weighted by atomic mass is 10.1. The maximum Gasteiger partial charge on any atom is 0.326 e. The van der Waals surface area contributed by atoms with Crippen LogP contribution in [0.5, 0.6) is 5.75 Å². The van der Waals surface area contributed by atoms with Crippen LogP contribution in [0.25, 0.3) is 0 Å². The predicted octanol–water partition coefficient (Wildman–Crippen LogP) is 1.14. The second kappa shape index (κ2) is 3.46. The molecule has 15 heavy (non-hydrogen) atoms. The first-order valence-corrected chi connectivity index (χ1v) is 4.76. The Hall–Kier alpha value is -1.71. The van der Waals surface area contributed by atoms with E-state index in [4.69, 9.17) is 9.84 Å². The van der Waals surface area contributed by atoms with Gasteiger partial charge >= 0.3 is 5.97 Å². The van der Waals surface area contributed by atoms with Gasteiger partial charge in [-0.05, 0) is 11.6 Å². The Kier molecular flexibility index (Phi) is 2.26. The van der Waals surface area contributed by atoms with Gasteiger partial charge in [0.2, 0.25) is 0 Å². The minimum absolute atomic E-state index is 0.452. The number of benzene rings is 1. The van der Waals surface area contributed by atoms with Crippen LogP contribution in [0.15, 0.2) is 18.2 Å². The van der Waals surface area contributed by atoms with Crippen LogP contribution in [0.3, 0.4) is 0 Å². The minimum atomic E-state index is -0.785. The molecule has 80 valence electrons. The van der Waals surface area contributed by atoms with E-state index in [1.807, 2.05) is 18.2 Å². The first-order valence-electron chi connectivity index (χ1n) is 4.76. The molecule has 0 amide bonds. The van der Waals surface area contributed by atoms with Gasteiger partial charge in [-0.3, -0.25) is 0 Å². The zero-order valence-corrected chi connectivity index (χ0v) is 8.73. The molecule has 1 atom stereocenters.